The Morgan fingerprint density at radius 2 is 1.97 bits per heavy atom. The van der Waals surface area contributed by atoms with Gasteiger partial charge < -0.3 is 30.2 Å². The Labute approximate surface area is 219 Å². The Hall–Kier alpha value is -3.99. The molecular weight excluding hydrogens is 500 g/mol. The zero-order valence-electron chi connectivity index (χ0n) is 20.7. The number of fused-ring (bicyclic) bond motifs is 3. The van der Waals surface area contributed by atoms with Crippen molar-refractivity contribution >= 4 is 35.1 Å². The molecule has 0 bridgehead atoms. The maximum Gasteiger partial charge on any atom is 0.406 e. The largest absolute Gasteiger partial charge is 0.493 e. The average molecular weight is 529 g/mol. The van der Waals surface area contributed by atoms with Crippen LogP contribution in [0.15, 0.2) is 30.5 Å². The van der Waals surface area contributed by atoms with Crippen molar-refractivity contribution in [3.05, 3.63) is 46.7 Å². The quantitative estimate of drug-likeness (QED) is 0.161. The monoisotopic (exact) mass is 528 g/mol. The number of anilines is 2. The highest BCUT2D eigenvalue weighted by atomic mass is 35.5. The van der Waals surface area contributed by atoms with Gasteiger partial charge in [0.25, 0.3) is 0 Å². The number of H-pyrrole nitrogens is 1. The van der Waals surface area contributed by atoms with E-state index in [0.29, 0.717) is 73.5 Å². The number of ether oxygens (including phenoxy) is 3. The number of amides is 2. The predicted octanol–water partition coefficient (Wildman–Crippen LogP) is 3.80. The molecule has 0 fully saturated rings. The van der Waals surface area contributed by atoms with Crippen LogP contribution in [0.2, 0.25) is 5.15 Å². The molecule has 0 atom stereocenters. The molecule has 12 heteroatoms. The van der Waals surface area contributed by atoms with E-state index in [1.165, 1.54) is 7.11 Å². The zero-order valence-corrected chi connectivity index (χ0v) is 21.4. The molecule has 3 aromatic rings. The number of nitrogens with one attached hydrogen (secondary N) is 4. The van der Waals surface area contributed by atoms with Crippen molar-refractivity contribution in [3.8, 4) is 22.8 Å². The van der Waals surface area contributed by atoms with Crippen molar-refractivity contribution in [2.75, 3.05) is 39.2 Å². The first-order valence-corrected chi connectivity index (χ1v) is 12.2. The predicted molar refractivity (Wildman–Crippen MR) is 139 cm³/mol. The van der Waals surface area contributed by atoms with Crippen LogP contribution in [0.4, 0.5) is 16.3 Å². The summed E-state index contributed by atoms with van der Waals surface area (Å²) >= 11 is 6.19. The number of benzene rings is 1. The summed E-state index contributed by atoms with van der Waals surface area (Å²) in [5.74, 6) is 1.88. The molecule has 0 unspecified atom stereocenters. The second-order valence-corrected chi connectivity index (χ2v) is 8.66. The molecule has 4 rings (SSSR count). The van der Waals surface area contributed by atoms with Gasteiger partial charge >= 0.3 is 6.09 Å². The molecule has 0 radical (unpaired) electrons. The molecule has 2 heterocycles. The molecular formula is C25H29ClN6O5. The molecule has 0 spiro atoms. The summed E-state index contributed by atoms with van der Waals surface area (Å²) in [5.41, 5.74) is 4.73. The summed E-state index contributed by atoms with van der Waals surface area (Å²) in [6, 6.07) is 7.58. The molecule has 1 aliphatic carbocycles. The third kappa shape index (κ3) is 6.42. The molecule has 11 nitrogen and oxygen atoms in total. The molecule has 0 saturated carbocycles. The first-order valence-electron chi connectivity index (χ1n) is 11.9. The number of alkyl carbamates (subject to hydrolysis) is 1. The topological polar surface area (TPSA) is 139 Å². The molecule has 0 saturated heterocycles. The highest BCUT2D eigenvalue weighted by Crippen LogP contribution is 2.44. The molecule has 2 amide bonds. The highest BCUT2D eigenvalue weighted by Gasteiger charge is 2.27. The summed E-state index contributed by atoms with van der Waals surface area (Å²) in [5, 5.41) is 16.6. The van der Waals surface area contributed by atoms with Crippen molar-refractivity contribution < 1.29 is 23.8 Å². The van der Waals surface area contributed by atoms with Crippen LogP contribution < -0.4 is 25.4 Å². The van der Waals surface area contributed by atoms with Gasteiger partial charge in [0, 0.05) is 43.3 Å². The Bertz CT molecular complexity index is 1260. The summed E-state index contributed by atoms with van der Waals surface area (Å²) in [6.07, 6.45) is 3.29. The molecule has 2 aromatic heterocycles. The second kappa shape index (κ2) is 12.3. The van der Waals surface area contributed by atoms with Crippen molar-refractivity contribution in [2.24, 2.45) is 0 Å². The van der Waals surface area contributed by atoms with Crippen molar-refractivity contribution in [3.63, 3.8) is 0 Å². The normalized spacial score (nSPS) is 11.3. The van der Waals surface area contributed by atoms with Gasteiger partial charge in [-0.05, 0) is 42.7 Å². The summed E-state index contributed by atoms with van der Waals surface area (Å²) < 4.78 is 16.0. The van der Waals surface area contributed by atoms with Gasteiger partial charge in [-0.3, -0.25) is 9.89 Å². The lowest BCUT2D eigenvalue weighted by Crippen LogP contribution is -2.28. The lowest BCUT2D eigenvalue weighted by atomic mass is 10.1. The summed E-state index contributed by atoms with van der Waals surface area (Å²) in [4.78, 5) is 27.0. The molecule has 196 valence electrons. The van der Waals surface area contributed by atoms with Crippen LogP contribution in [0.25, 0.3) is 11.3 Å². The summed E-state index contributed by atoms with van der Waals surface area (Å²) in [7, 11) is 2.90. The number of halogens is 1. The highest BCUT2D eigenvalue weighted by molar-refractivity contribution is 6.32. The van der Waals surface area contributed by atoms with Gasteiger partial charge in [0.1, 0.15) is 0 Å². The van der Waals surface area contributed by atoms with Crippen molar-refractivity contribution in [1.29, 1.82) is 0 Å². The fourth-order valence-corrected chi connectivity index (χ4v) is 4.16. The van der Waals surface area contributed by atoms with E-state index in [0.717, 1.165) is 22.4 Å². The number of nitrogens with zero attached hydrogens (tertiary/aromatic N) is 2. The third-order valence-corrected chi connectivity index (χ3v) is 6.14. The lowest BCUT2D eigenvalue weighted by Gasteiger charge is -2.13. The number of carbonyl (C=O) groups excluding carboxylic acids is 2. The number of hydrogen-bond acceptors (Lipinski definition) is 8. The van der Waals surface area contributed by atoms with Crippen molar-refractivity contribution in [2.45, 2.75) is 25.7 Å². The number of carbonyl (C=O) groups is 2. The molecule has 1 aliphatic rings. The van der Waals surface area contributed by atoms with Gasteiger partial charge in [-0.2, -0.15) is 5.10 Å². The first-order chi connectivity index (χ1) is 18.0. The molecule has 0 aliphatic heterocycles. The lowest BCUT2D eigenvalue weighted by molar-refractivity contribution is -0.121. The smallest absolute Gasteiger partial charge is 0.406 e. The van der Waals surface area contributed by atoms with Gasteiger partial charge in [-0.15, -0.1) is 0 Å². The van der Waals surface area contributed by atoms with E-state index < -0.39 is 6.09 Å². The number of rotatable bonds is 12. The van der Waals surface area contributed by atoms with Crippen LogP contribution in [-0.2, 0) is 16.0 Å². The van der Waals surface area contributed by atoms with E-state index in [-0.39, 0.29) is 5.91 Å². The number of aromatic nitrogens is 3. The van der Waals surface area contributed by atoms with Crippen LogP contribution in [-0.4, -0.2) is 61.1 Å². The fraction of sp³-hybridized carbons (Fsp3) is 0.360. The minimum atomic E-state index is -0.504. The average Bonchev–Trinajstić information content (AvgIpc) is 3.46. The SMILES string of the molecule is COC(=O)NCCCC(=O)NCCCOc1cc2c(cc1OC)-c1[nH]nc(Nc3cccnc3Cl)c1C2. The Morgan fingerprint density at radius 3 is 2.76 bits per heavy atom. The standard InChI is InChI=1S/C25H29ClN6O5/c1-35-19-14-16-15(12-17-22(16)31-32-24(17)30-18-6-3-8-28-23(18)26)13-20(19)37-11-5-10-27-21(33)7-4-9-29-25(34)36-2/h3,6,8,13-14H,4-5,7,9-12H2,1-2H3,(H,27,33)(H,29,34)(H2,30,31,32). The van der Waals surface area contributed by atoms with Crippen LogP contribution >= 0.6 is 11.6 Å². The minimum absolute atomic E-state index is 0.0754. The molecule has 1 aromatic carbocycles. The van der Waals surface area contributed by atoms with Gasteiger partial charge in [0.2, 0.25) is 5.91 Å². The van der Waals surface area contributed by atoms with Gasteiger partial charge in [0.05, 0.1) is 32.2 Å². The van der Waals surface area contributed by atoms with E-state index in [1.54, 1.807) is 19.4 Å². The van der Waals surface area contributed by atoms with E-state index >= 15 is 0 Å². The Balaban J connectivity index is 1.28. The van der Waals surface area contributed by atoms with E-state index in [4.69, 9.17) is 21.1 Å². The number of hydrogen-bond donors (Lipinski definition) is 4. The minimum Gasteiger partial charge on any atom is -0.493 e. The van der Waals surface area contributed by atoms with Crippen LogP contribution in [0, 0.1) is 0 Å². The maximum absolute atomic E-state index is 11.9. The molecule has 37 heavy (non-hydrogen) atoms. The van der Waals surface area contributed by atoms with E-state index in [1.807, 2.05) is 18.2 Å². The third-order valence-electron chi connectivity index (χ3n) is 5.84. The van der Waals surface area contributed by atoms with E-state index in [2.05, 4.69) is 35.9 Å². The Kier molecular flexibility index (Phi) is 8.68. The molecule has 4 N–H and O–H groups in total. The van der Waals surface area contributed by atoms with Crippen LogP contribution in [0.5, 0.6) is 11.5 Å². The number of aromatic amines is 1. The summed E-state index contributed by atoms with van der Waals surface area (Å²) in [6.45, 7) is 1.28. The number of pyridine rings is 1. The number of methoxy groups -OCH3 is 2. The van der Waals surface area contributed by atoms with Crippen molar-refractivity contribution in [1.82, 2.24) is 25.8 Å². The second-order valence-electron chi connectivity index (χ2n) is 8.30. The fourth-order valence-electron chi connectivity index (χ4n) is 4.00. The van der Waals surface area contributed by atoms with E-state index in [9.17, 15) is 9.59 Å². The van der Waals surface area contributed by atoms with Gasteiger partial charge in [-0.1, -0.05) is 11.6 Å². The van der Waals surface area contributed by atoms with Crippen LogP contribution in [0.3, 0.4) is 0 Å². The van der Waals surface area contributed by atoms with Crippen LogP contribution in [0.1, 0.15) is 30.4 Å². The van der Waals surface area contributed by atoms with Gasteiger partial charge in [-0.25, -0.2) is 9.78 Å². The zero-order chi connectivity index (χ0) is 26.2. The van der Waals surface area contributed by atoms with Gasteiger partial charge in [0.15, 0.2) is 22.5 Å². The Morgan fingerprint density at radius 1 is 1.14 bits per heavy atom. The maximum atomic E-state index is 11.9. The first kappa shape index (κ1) is 26.1.